The van der Waals surface area contributed by atoms with Crippen LogP contribution in [0.15, 0.2) is 36.7 Å². The molecule has 106 valence electrons. The average Bonchev–Trinajstić information content (AvgIpc) is 2.38. The first-order valence-corrected chi connectivity index (χ1v) is 6.56. The molecule has 20 heavy (non-hydrogen) atoms. The van der Waals surface area contributed by atoms with Gasteiger partial charge in [0, 0.05) is 22.5 Å². The summed E-state index contributed by atoms with van der Waals surface area (Å²) in [6.07, 6.45) is -1.35. The minimum Gasteiger partial charge on any atom is -0.406 e. The summed E-state index contributed by atoms with van der Waals surface area (Å²) >= 11 is 2.09. The number of nitrogens with zero attached hydrogens (tertiary/aromatic N) is 2. The normalized spacial score (nSPS) is 11.2. The summed E-state index contributed by atoms with van der Waals surface area (Å²) in [6, 6.07) is 5.61. The van der Waals surface area contributed by atoms with Gasteiger partial charge in [0.1, 0.15) is 5.75 Å². The smallest absolute Gasteiger partial charge is 0.406 e. The van der Waals surface area contributed by atoms with Crippen LogP contribution in [0.25, 0.3) is 0 Å². The SMILES string of the molecule is FC(F)(F)Oc1ccc(CNc2ncc(I)cn2)cc1. The third-order valence-corrected chi connectivity index (χ3v) is 2.78. The van der Waals surface area contributed by atoms with E-state index in [2.05, 4.69) is 42.6 Å². The van der Waals surface area contributed by atoms with E-state index >= 15 is 0 Å². The second-order valence-electron chi connectivity index (χ2n) is 3.77. The standard InChI is InChI=1S/C12H9F3IN3O/c13-12(14,15)20-10-3-1-8(2-4-10)5-17-11-18-6-9(16)7-19-11/h1-4,6-7H,5H2,(H,17,18,19). The van der Waals surface area contributed by atoms with Crippen LogP contribution < -0.4 is 10.1 Å². The topological polar surface area (TPSA) is 47.0 Å². The van der Waals surface area contributed by atoms with Crippen molar-refractivity contribution >= 4 is 28.5 Å². The predicted molar refractivity (Wildman–Crippen MR) is 75.2 cm³/mol. The van der Waals surface area contributed by atoms with E-state index in [1.54, 1.807) is 24.5 Å². The van der Waals surface area contributed by atoms with E-state index in [0.717, 1.165) is 9.13 Å². The van der Waals surface area contributed by atoms with Gasteiger partial charge in [-0.25, -0.2) is 9.97 Å². The number of benzene rings is 1. The molecule has 0 fully saturated rings. The number of anilines is 1. The Bertz CT molecular complexity index is 558. The summed E-state index contributed by atoms with van der Waals surface area (Å²) in [5.41, 5.74) is 0.793. The molecule has 1 N–H and O–H groups in total. The molecule has 0 saturated carbocycles. The molecule has 0 aliphatic heterocycles. The van der Waals surface area contributed by atoms with Crippen molar-refractivity contribution in [1.82, 2.24) is 9.97 Å². The Labute approximate surface area is 126 Å². The van der Waals surface area contributed by atoms with E-state index in [1.807, 2.05) is 0 Å². The van der Waals surface area contributed by atoms with Gasteiger partial charge in [0.2, 0.25) is 5.95 Å². The van der Waals surface area contributed by atoms with E-state index in [-0.39, 0.29) is 5.75 Å². The molecule has 0 radical (unpaired) electrons. The molecule has 0 saturated heterocycles. The van der Waals surface area contributed by atoms with Crippen LogP contribution in [0.2, 0.25) is 0 Å². The van der Waals surface area contributed by atoms with E-state index < -0.39 is 6.36 Å². The van der Waals surface area contributed by atoms with Gasteiger partial charge >= 0.3 is 6.36 Å². The summed E-state index contributed by atoms with van der Waals surface area (Å²) in [7, 11) is 0. The Morgan fingerprint density at radius 2 is 1.70 bits per heavy atom. The fraction of sp³-hybridized carbons (Fsp3) is 0.167. The Morgan fingerprint density at radius 1 is 1.10 bits per heavy atom. The van der Waals surface area contributed by atoms with Gasteiger partial charge in [-0.1, -0.05) is 12.1 Å². The van der Waals surface area contributed by atoms with Crippen molar-refractivity contribution in [2.75, 3.05) is 5.32 Å². The number of halogens is 4. The first kappa shape index (κ1) is 14.8. The molecule has 1 aromatic carbocycles. The van der Waals surface area contributed by atoms with Gasteiger partial charge in [-0.05, 0) is 40.3 Å². The molecule has 0 amide bonds. The van der Waals surface area contributed by atoms with Crippen molar-refractivity contribution in [1.29, 1.82) is 0 Å². The number of alkyl halides is 3. The third kappa shape index (κ3) is 4.83. The fourth-order valence-corrected chi connectivity index (χ4v) is 1.67. The van der Waals surface area contributed by atoms with Crippen molar-refractivity contribution in [3.63, 3.8) is 0 Å². The highest BCUT2D eigenvalue weighted by Crippen LogP contribution is 2.22. The van der Waals surface area contributed by atoms with Gasteiger partial charge in [-0.3, -0.25) is 0 Å². The second kappa shape index (κ2) is 6.25. The largest absolute Gasteiger partial charge is 0.573 e. The van der Waals surface area contributed by atoms with Crippen LogP contribution in [0.3, 0.4) is 0 Å². The van der Waals surface area contributed by atoms with Crippen molar-refractivity contribution < 1.29 is 17.9 Å². The molecule has 2 rings (SSSR count). The Balaban J connectivity index is 1.92. The van der Waals surface area contributed by atoms with Crippen molar-refractivity contribution in [2.45, 2.75) is 12.9 Å². The van der Waals surface area contributed by atoms with Gasteiger partial charge in [0.05, 0.1) is 0 Å². The van der Waals surface area contributed by atoms with Crippen molar-refractivity contribution in [3.05, 3.63) is 45.8 Å². The molecule has 0 aliphatic carbocycles. The average molecular weight is 395 g/mol. The lowest BCUT2D eigenvalue weighted by Crippen LogP contribution is -2.17. The summed E-state index contributed by atoms with van der Waals surface area (Å²) in [5.74, 6) is 0.216. The molecule has 4 nitrogen and oxygen atoms in total. The van der Waals surface area contributed by atoms with Gasteiger partial charge in [-0.2, -0.15) is 0 Å². The summed E-state index contributed by atoms with van der Waals surface area (Å²) in [5, 5.41) is 2.97. The monoisotopic (exact) mass is 395 g/mol. The van der Waals surface area contributed by atoms with Crippen LogP contribution in [0.1, 0.15) is 5.56 Å². The van der Waals surface area contributed by atoms with Gasteiger partial charge in [0.25, 0.3) is 0 Å². The van der Waals surface area contributed by atoms with E-state index in [0.29, 0.717) is 12.5 Å². The lowest BCUT2D eigenvalue weighted by Gasteiger charge is -2.09. The zero-order chi connectivity index (χ0) is 14.6. The number of nitrogens with one attached hydrogen (secondary N) is 1. The van der Waals surface area contributed by atoms with Crippen LogP contribution in [0.5, 0.6) is 5.75 Å². The van der Waals surface area contributed by atoms with Crippen LogP contribution in [-0.2, 0) is 6.54 Å². The van der Waals surface area contributed by atoms with E-state index in [9.17, 15) is 13.2 Å². The maximum Gasteiger partial charge on any atom is 0.573 e. The Kier molecular flexibility index (Phi) is 4.63. The lowest BCUT2D eigenvalue weighted by molar-refractivity contribution is -0.274. The second-order valence-corrected chi connectivity index (χ2v) is 5.02. The first-order valence-electron chi connectivity index (χ1n) is 5.48. The summed E-state index contributed by atoms with van der Waals surface area (Å²) < 4.78 is 40.7. The highest BCUT2D eigenvalue weighted by Gasteiger charge is 2.30. The van der Waals surface area contributed by atoms with Crippen LogP contribution in [0.4, 0.5) is 19.1 Å². The molecular formula is C12H9F3IN3O. The van der Waals surface area contributed by atoms with Gasteiger partial charge < -0.3 is 10.1 Å². The van der Waals surface area contributed by atoms with Gasteiger partial charge in [-0.15, -0.1) is 13.2 Å². The van der Waals surface area contributed by atoms with Crippen LogP contribution in [0, 0.1) is 3.57 Å². The van der Waals surface area contributed by atoms with Crippen molar-refractivity contribution in [3.8, 4) is 5.75 Å². The molecule has 0 bridgehead atoms. The molecule has 0 spiro atoms. The molecule has 1 aromatic heterocycles. The lowest BCUT2D eigenvalue weighted by atomic mass is 10.2. The fourth-order valence-electron chi connectivity index (χ4n) is 1.39. The maximum atomic E-state index is 12.0. The zero-order valence-corrected chi connectivity index (χ0v) is 12.1. The molecule has 2 aromatic rings. The first-order chi connectivity index (χ1) is 9.42. The highest BCUT2D eigenvalue weighted by molar-refractivity contribution is 14.1. The van der Waals surface area contributed by atoms with Crippen LogP contribution >= 0.6 is 22.6 Å². The molecular weight excluding hydrogens is 386 g/mol. The number of hydrogen-bond donors (Lipinski definition) is 1. The quantitative estimate of drug-likeness (QED) is 0.805. The summed E-state index contributed by atoms with van der Waals surface area (Å²) in [6.45, 7) is 0.410. The molecule has 0 unspecified atom stereocenters. The zero-order valence-electron chi connectivity index (χ0n) is 9.99. The molecule has 1 heterocycles. The van der Waals surface area contributed by atoms with E-state index in [4.69, 9.17) is 0 Å². The van der Waals surface area contributed by atoms with Crippen molar-refractivity contribution in [2.24, 2.45) is 0 Å². The van der Waals surface area contributed by atoms with Crippen LogP contribution in [-0.4, -0.2) is 16.3 Å². The number of rotatable bonds is 4. The minimum absolute atomic E-state index is 0.244. The van der Waals surface area contributed by atoms with Gasteiger partial charge in [0.15, 0.2) is 0 Å². The molecule has 8 heteroatoms. The minimum atomic E-state index is -4.67. The van der Waals surface area contributed by atoms with E-state index in [1.165, 1.54) is 12.1 Å². The highest BCUT2D eigenvalue weighted by atomic mass is 127. The Hall–Kier alpha value is -1.58. The molecule has 0 aliphatic rings. The predicted octanol–water partition coefficient (Wildman–Crippen LogP) is 3.59. The summed E-state index contributed by atoms with van der Waals surface area (Å²) in [4.78, 5) is 8.11. The third-order valence-electron chi connectivity index (χ3n) is 2.23. The number of hydrogen-bond acceptors (Lipinski definition) is 4. The maximum absolute atomic E-state index is 12.0. The number of ether oxygens (including phenoxy) is 1. The molecule has 0 atom stereocenters. The Morgan fingerprint density at radius 3 is 2.25 bits per heavy atom. The number of aromatic nitrogens is 2.